The first kappa shape index (κ1) is 14.1. The number of hydrogen-bond acceptors (Lipinski definition) is 5. The molecule has 4 rings (SSSR count). The quantitative estimate of drug-likeness (QED) is 0.687. The van der Waals surface area contributed by atoms with Gasteiger partial charge in [0.2, 0.25) is 0 Å². The van der Waals surface area contributed by atoms with Crippen molar-refractivity contribution in [3.8, 4) is 0 Å². The Bertz CT molecular complexity index is 957. The van der Waals surface area contributed by atoms with Crippen molar-refractivity contribution in [2.24, 2.45) is 0 Å². The van der Waals surface area contributed by atoms with Crippen LogP contribution >= 0.6 is 0 Å². The fraction of sp³-hybridized carbons (Fsp3) is 0.0588. The van der Waals surface area contributed by atoms with Crippen molar-refractivity contribution < 1.29 is 19.2 Å². The molecular formula is C17H11N3O4. The molecule has 1 aromatic heterocycles. The Morgan fingerprint density at radius 1 is 0.958 bits per heavy atom. The molecule has 0 atom stereocenters. The molecule has 1 aliphatic heterocycles. The maximum absolute atomic E-state index is 12.2. The molecule has 2 amide bonds. The number of rotatable bonds is 3. The number of fused-ring (bicyclic) bond motifs is 2. The Kier molecular flexibility index (Phi) is 3.13. The highest BCUT2D eigenvalue weighted by Gasteiger charge is 2.38. The molecule has 0 aliphatic carbocycles. The molecule has 0 N–H and O–H groups in total. The van der Waals surface area contributed by atoms with Gasteiger partial charge in [0.15, 0.2) is 0 Å². The van der Waals surface area contributed by atoms with Crippen LogP contribution in [0.15, 0.2) is 54.9 Å². The van der Waals surface area contributed by atoms with Crippen molar-refractivity contribution in [1.29, 1.82) is 0 Å². The SMILES string of the molecule is O=C(Cn1cnc2ccccc21)ON1C(=O)c2ccccc2C1=O. The number of imidazole rings is 1. The molecule has 3 aromatic rings. The van der Waals surface area contributed by atoms with Crippen molar-refractivity contribution in [2.75, 3.05) is 0 Å². The molecule has 0 unspecified atom stereocenters. The Morgan fingerprint density at radius 2 is 1.58 bits per heavy atom. The number of nitrogens with zero attached hydrogens (tertiary/aromatic N) is 3. The van der Waals surface area contributed by atoms with Crippen molar-refractivity contribution in [2.45, 2.75) is 6.54 Å². The fourth-order valence-electron chi connectivity index (χ4n) is 2.66. The van der Waals surface area contributed by atoms with Crippen LogP contribution in [0, 0.1) is 0 Å². The second-order valence-electron chi connectivity index (χ2n) is 5.27. The molecule has 2 aromatic carbocycles. The highest BCUT2D eigenvalue weighted by atomic mass is 16.7. The second kappa shape index (κ2) is 5.31. The predicted molar refractivity (Wildman–Crippen MR) is 82.8 cm³/mol. The zero-order chi connectivity index (χ0) is 16.7. The van der Waals surface area contributed by atoms with Crippen LogP contribution < -0.4 is 0 Å². The van der Waals surface area contributed by atoms with E-state index in [9.17, 15) is 14.4 Å². The van der Waals surface area contributed by atoms with E-state index < -0.39 is 17.8 Å². The number of hydroxylamine groups is 2. The van der Waals surface area contributed by atoms with E-state index in [1.54, 1.807) is 16.7 Å². The minimum Gasteiger partial charge on any atom is -0.328 e. The van der Waals surface area contributed by atoms with Crippen LogP contribution in [-0.2, 0) is 16.2 Å². The van der Waals surface area contributed by atoms with Crippen LogP contribution in [0.5, 0.6) is 0 Å². The van der Waals surface area contributed by atoms with Crippen molar-refractivity contribution in [3.05, 3.63) is 66.0 Å². The molecule has 0 saturated carbocycles. The van der Waals surface area contributed by atoms with Gasteiger partial charge < -0.3 is 9.40 Å². The highest BCUT2D eigenvalue weighted by Crippen LogP contribution is 2.22. The van der Waals surface area contributed by atoms with Crippen molar-refractivity contribution in [3.63, 3.8) is 0 Å². The molecule has 0 spiro atoms. The lowest BCUT2D eigenvalue weighted by atomic mass is 10.1. The van der Waals surface area contributed by atoms with Crippen LogP contribution in [0.1, 0.15) is 20.7 Å². The minimum absolute atomic E-state index is 0.159. The van der Waals surface area contributed by atoms with Gasteiger partial charge in [-0.1, -0.05) is 29.3 Å². The number of para-hydroxylation sites is 2. The van der Waals surface area contributed by atoms with Gasteiger partial charge in [-0.15, -0.1) is 0 Å². The van der Waals surface area contributed by atoms with Gasteiger partial charge >= 0.3 is 5.97 Å². The van der Waals surface area contributed by atoms with E-state index in [0.29, 0.717) is 5.06 Å². The Hall–Kier alpha value is -3.48. The number of carbonyl (C=O) groups is 3. The van der Waals surface area contributed by atoms with E-state index >= 15 is 0 Å². The van der Waals surface area contributed by atoms with E-state index in [4.69, 9.17) is 4.84 Å². The second-order valence-corrected chi connectivity index (χ2v) is 5.27. The predicted octanol–water partition coefficient (Wildman–Crippen LogP) is 1.79. The van der Waals surface area contributed by atoms with E-state index in [-0.39, 0.29) is 17.7 Å². The van der Waals surface area contributed by atoms with Crippen LogP contribution in [-0.4, -0.2) is 32.4 Å². The monoisotopic (exact) mass is 321 g/mol. The first-order valence-corrected chi connectivity index (χ1v) is 7.23. The summed E-state index contributed by atoms with van der Waals surface area (Å²) in [5.41, 5.74) is 1.95. The highest BCUT2D eigenvalue weighted by molar-refractivity contribution is 6.20. The van der Waals surface area contributed by atoms with E-state index in [0.717, 1.165) is 11.0 Å². The zero-order valence-corrected chi connectivity index (χ0v) is 12.4. The molecule has 0 bridgehead atoms. The van der Waals surface area contributed by atoms with E-state index in [2.05, 4.69) is 4.98 Å². The molecule has 7 heteroatoms. The number of benzene rings is 2. The average molecular weight is 321 g/mol. The lowest BCUT2D eigenvalue weighted by molar-refractivity contribution is -0.169. The van der Waals surface area contributed by atoms with Gasteiger partial charge in [0.1, 0.15) is 6.54 Å². The summed E-state index contributed by atoms with van der Waals surface area (Å²) in [5, 5.41) is 0.506. The third-order valence-corrected chi connectivity index (χ3v) is 3.78. The maximum atomic E-state index is 12.2. The van der Waals surface area contributed by atoms with Gasteiger partial charge in [-0.2, -0.15) is 0 Å². The summed E-state index contributed by atoms with van der Waals surface area (Å²) < 4.78 is 1.59. The molecule has 1 aliphatic rings. The van der Waals surface area contributed by atoms with Gasteiger partial charge in [-0.25, -0.2) is 9.78 Å². The summed E-state index contributed by atoms with van der Waals surface area (Å²) in [4.78, 5) is 45.6. The van der Waals surface area contributed by atoms with Gasteiger partial charge in [0, 0.05) is 0 Å². The Balaban J connectivity index is 1.53. The lowest BCUT2D eigenvalue weighted by Crippen LogP contribution is -2.33. The minimum atomic E-state index is -0.729. The first-order chi connectivity index (χ1) is 11.6. The third kappa shape index (κ3) is 2.14. The number of carbonyl (C=O) groups excluding carboxylic acids is 3. The Labute approximate surface area is 136 Å². The van der Waals surface area contributed by atoms with Crippen LogP contribution in [0.4, 0.5) is 0 Å². The normalized spacial score (nSPS) is 13.4. The van der Waals surface area contributed by atoms with Gasteiger partial charge in [0.25, 0.3) is 11.8 Å². The molecule has 0 radical (unpaired) electrons. The number of amides is 2. The molecular weight excluding hydrogens is 310 g/mol. The molecule has 0 fully saturated rings. The summed E-state index contributed by atoms with van der Waals surface area (Å²) in [6.07, 6.45) is 1.51. The Morgan fingerprint density at radius 3 is 2.29 bits per heavy atom. The topological polar surface area (TPSA) is 81.5 Å². The number of aromatic nitrogens is 2. The average Bonchev–Trinajstić information content (AvgIpc) is 3.11. The summed E-state index contributed by atoms with van der Waals surface area (Å²) >= 11 is 0. The standard InChI is InChI=1S/C17H11N3O4/c21-15(9-19-10-18-13-7-3-4-8-14(13)19)24-20-16(22)11-5-1-2-6-12(11)17(20)23/h1-8,10H,9H2. The summed E-state index contributed by atoms with van der Waals surface area (Å²) in [6, 6.07) is 13.6. The third-order valence-electron chi connectivity index (χ3n) is 3.78. The number of hydrogen-bond donors (Lipinski definition) is 0. The molecule has 7 nitrogen and oxygen atoms in total. The van der Waals surface area contributed by atoms with E-state index in [1.165, 1.54) is 18.5 Å². The van der Waals surface area contributed by atoms with E-state index in [1.807, 2.05) is 24.3 Å². The summed E-state index contributed by atoms with van der Waals surface area (Å²) in [6.45, 7) is -0.159. The fourth-order valence-corrected chi connectivity index (χ4v) is 2.66. The summed E-state index contributed by atoms with van der Waals surface area (Å²) in [5.74, 6) is -2.01. The van der Waals surface area contributed by atoms with Crippen LogP contribution in [0.3, 0.4) is 0 Å². The van der Waals surface area contributed by atoms with Gasteiger partial charge in [-0.05, 0) is 24.3 Å². The number of imide groups is 1. The largest absolute Gasteiger partial charge is 0.352 e. The smallest absolute Gasteiger partial charge is 0.328 e. The van der Waals surface area contributed by atoms with Crippen LogP contribution in [0.2, 0.25) is 0 Å². The first-order valence-electron chi connectivity index (χ1n) is 7.23. The molecule has 0 saturated heterocycles. The lowest BCUT2D eigenvalue weighted by Gasteiger charge is -2.13. The van der Waals surface area contributed by atoms with Gasteiger partial charge in [0.05, 0.1) is 28.5 Å². The zero-order valence-electron chi connectivity index (χ0n) is 12.4. The summed E-state index contributed by atoms with van der Waals surface area (Å²) in [7, 11) is 0. The molecule has 118 valence electrons. The van der Waals surface area contributed by atoms with Crippen molar-refractivity contribution in [1.82, 2.24) is 14.6 Å². The van der Waals surface area contributed by atoms with Gasteiger partial charge in [-0.3, -0.25) is 9.59 Å². The van der Waals surface area contributed by atoms with Crippen molar-refractivity contribution >= 4 is 28.8 Å². The molecule has 2 heterocycles. The maximum Gasteiger partial charge on any atom is 0.352 e. The van der Waals surface area contributed by atoms with Crippen LogP contribution in [0.25, 0.3) is 11.0 Å². The molecule has 24 heavy (non-hydrogen) atoms.